The molecule has 50 valence electrons. The Morgan fingerprint density at radius 3 is 1.64 bits per heavy atom. The van der Waals surface area contributed by atoms with Crippen LogP contribution in [0.25, 0.3) is 0 Å². The molecule has 0 aromatic rings. The maximum atomic E-state index is 9.63. The third-order valence-electron chi connectivity index (χ3n) is 0.440. The summed E-state index contributed by atoms with van der Waals surface area (Å²) in [5.74, 6) is -3.40. The maximum absolute atomic E-state index is 9.63. The van der Waals surface area contributed by atoms with Crippen molar-refractivity contribution in [3.63, 3.8) is 0 Å². The molecule has 0 unspecified atom stereocenters. The molecule has 0 rings (SSSR count). The summed E-state index contributed by atoms with van der Waals surface area (Å²) < 4.78 is 0. The van der Waals surface area contributed by atoms with E-state index in [2.05, 4.69) is 0 Å². The van der Waals surface area contributed by atoms with Crippen LogP contribution >= 0.6 is 11.6 Å². The molecule has 0 aromatic heterocycles. The summed E-state index contributed by atoms with van der Waals surface area (Å²) in [6, 6.07) is 0. The molecular formula is C4HClNa2O4. The zero-order valence-electron chi connectivity index (χ0n) is 6.09. The van der Waals surface area contributed by atoms with Gasteiger partial charge in [-0.05, 0) is 6.08 Å². The largest absolute Gasteiger partial charge is 1.00 e. The number of halogens is 1. The average Bonchev–Trinajstić information content (AvgIpc) is 1.63. The standard InChI is InChI=1S/C4H3ClO4.2Na/c5-2(4(8)9)1-3(6)7;;/h1H,(H,6,7)(H,8,9);;/q;2*+1/p-2. The molecule has 0 fully saturated rings. The first kappa shape index (κ1) is 17.9. The van der Waals surface area contributed by atoms with E-state index < -0.39 is 17.0 Å². The number of rotatable bonds is 2. The monoisotopic (exact) mass is 194 g/mol. The SMILES string of the molecule is O=C([O-])C=C(Cl)C(=O)[O-].[Na+].[Na+]. The summed E-state index contributed by atoms with van der Waals surface area (Å²) in [7, 11) is 0. The van der Waals surface area contributed by atoms with Gasteiger partial charge in [-0.25, -0.2) is 0 Å². The number of carboxylic acids is 2. The van der Waals surface area contributed by atoms with Gasteiger partial charge in [-0.2, -0.15) is 0 Å². The van der Waals surface area contributed by atoms with Gasteiger partial charge in [0.2, 0.25) is 0 Å². The Morgan fingerprint density at radius 2 is 1.55 bits per heavy atom. The van der Waals surface area contributed by atoms with Gasteiger partial charge in [-0.1, -0.05) is 11.6 Å². The van der Waals surface area contributed by atoms with Crippen LogP contribution in [0.4, 0.5) is 0 Å². The van der Waals surface area contributed by atoms with E-state index in [0.29, 0.717) is 0 Å². The van der Waals surface area contributed by atoms with Gasteiger partial charge in [0.25, 0.3) is 0 Å². The van der Waals surface area contributed by atoms with Gasteiger partial charge in [0.1, 0.15) is 0 Å². The molecule has 0 aliphatic carbocycles. The first-order valence-corrected chi connectivity index (χ1v) is 2.21. The Balaban J connectivity index is -0.000000320. The van der Waals surface area contributed by atoms with Crippen LogP contribution in [0, 0.1) is 0 Å². The molecule has 0 bridgehead atoms. The Hall–Kier alpha value is 0.970. The minimum absolute atomic E-state index is 0. The van der Waals surface area contributed by atoms with E-state index in [0.717, 1.165) is 0 Å². The predicted molar refractivity (Wildman–Crippen MR) is 23.9 cm³/mol. The second-order valence-electron chi connectivity index (χ2n) is 1.10. The molecule has 4 nitrogen and oxygen atoms in total. The van der Waals surface area contributed by atoms with Crippen molar-refractivity contribution in [3.8, 4) is 0 Å². The minimum Gasteiger partial charge on any atom is -0.545 e. The topological polar surface area (TPSA) is 80.3 Å². The van der Waals surface area contributed by atoms with Crippen molar-refractivity contribution < 1.29 is 78.9 Å². The Bertz CT molecular complexity index is 179. The van der Waals surface area contributed by atoms with E-state index >= 15 is 0 Å². The van der Waals surface area contributed by atoms with E-state index in [1.807, 2.05) is 0 Å². The van der Waals surface area contributed by atoms with Gasteiger partial charge in [0.15, 0.2) is 0 Å². The van der Waals surface area contributed by atoms with Crippen LogP contribution in [0.5, 0.6) is 0 Å². The van der Waals surface area contributed by atoms with Crippen molar-refractivity contribution >= 4 is 23.5 Å². The molecule has 0 amide bonds. The van der Waals surface area contributed by atoms with E-state index in [1.165, 1.54) is 0 Å². The summed E-state index contributed by atoms with van der Waals surface area (Å²) in [6.07, 6.45) is 0.233. The molecule has 0 aromatic carbocycles. The first-order chi connectivity index (χ1) is 4.04. The van der Waals surface area contributed by atoms with Gasteiger partial charge in [-0.3, -0.25) is 0 Å². The van der Waals surface area contributed by atoms with Crippen LogP contribution in [-0.2, 0) is 9.59 Å². The average molecular weight is 194 g/mol. The fraction of sp³-hybridized carbons (Fsp3) is 0. The number of hydrogen-bond donors (Lipinski definition) is 0. The van der Waals surface area contributed by atoms with Crippen molar-refractivity contribution in [2.24, 2.45) is 0 Å². The summed E-state index contributed by atoms with van der Waals surface area (Å²) >= 11 is 4.79. The van der Waals surface area contributed by atoms with E-state index in [1.54, 1.807) is 0 Å². The molecule has 0 heterocycles. The molecule has 11 heavy (non-hydrogen) atoms. The fourth-order valence-electron chi connectivity index (χ4n) is 0.162. The summed E-state index contributed by atoms with van der Waals surface area (Å²) in [5.41, 5.74) is 0. The molecule has 0 spiro atoms. The number of carbonyl (C=O) groups excluding carboxylic acids is 2. The molecule has 0 saturated carbocycles. The number of carbonyl (C=O) groups is 2. The Kier molecular flexibility index (Phi) is 14.7. The molecule has 0 radical (unpaired) electrons. The normalized spacial score (nSPS) is 9.00. The fourth-order valence-corrected chi connectivity index (χ4v) is 0.251. The molecular weight excluding hydrogens is 193 g/mol. The van der Waals surface area contributed by atoms with Crippen molar-refractivity contribution in [2.75, 3.05) is 0 Å². The number of hydrogen-bond acceptors (Lipinski definition) is 4. The molecule has 0 aliphatic rings. The van der Waals surface area contributed by atoms with Crippen LogP contribution in [-0.4, -0.2) is 11.9 Å². The Morgan fingerprint density at radius 1 is 1.18 bits per heavy atom. The third-order valence-corrected chi connectivity index (χ3v) is 0.703. The quantitative estimate of drug-likeness (QED) is 0.323. The second kappa shape index (κ2) is 9.06. The van der Waals surface area contributed by atoms with Crippen molar-refractivity contribution in [1.29, 1.82) is 0 Å². The van der Waals surface area contributed by atoms with Crippen molar-refractivity contribution in [3.05, 3.63) is 11.1 Å². The Labute approximate surface area is 112 Å². The summed E-state index contributed by atoms with van der Waals surface area (Å²) in [4.78, 5) is 19.2. The molecule has 0 saturated heterocycles. The van der Waals surface area contributed by atoms with Crippen LogP contribution in [0.2, 0.25) is 0 Å². The maximum Gasteiger partial charge on any atom is 1.00 e. The molecule has 0 atom stereocenters. The van der Waals surface area contributed by atoms with Crippen molar-refractivity contribution in [1.82, 2.24) is 0 Å². The van der Waals surface area contributed by atoms with Gasteiger partial charge < -0.3 is 19.8 Å². The van der Waals surface area contributed by atoms with Gasteiger partial charge in [-0.15, -0.1) is 0 Å². The van der Waals surface area contributed by atoms with Crippen LogP contribution < -0.4 is 69.3 Å². The van der Waals surface area contributed by atoms with E-state index in [4.69, 9.17) is 11.6 Å². The van der Waals surface area contributed by atoms with Crippen LogP contribution in [0.15, 0.2) is 11.1 Å². The summed E-state index contributed by atoms with van der Waals surface area (Å²) in [5, 5.41) is 18.3. The van der Waals surface area contributed by atoms with E-state index in [9.17, 15) is 19.8 Å². The van der Waals surface area contributed by atoms with Gasteiger partial charge in [0.05, 0.1) is 17.0 Å². The summed E-state index contributed by atoms with van der Waals surface area (Å²) in [6.45, 7) is 0. The van der Waals surface area contributed by atoms with Gasteiger partial charge >= 0.3 is 59.1 Å². The zero-order valence-corrected chi connectivity index (χ0v) is 10.8. The molecule has 0 aliphatic heterocycles. The smallest absolute Gasteiger partial charge is 0.545 e. The third kappa shape index (κ3) is 11.0. The minimum atomic E-state index is -1.74. The van der Waals surface area contributed by atoms with Crippen molar-refractivity contribution in [2.45, 2.75) is 0 Å². The number of aliphatic carboxylic acids is 2. The molecule has 7 heteroatoms. The van der Waals surface area contributed by atoms with Gasteiger partial charge in [0, 0.05) is 0 Å². The zero-order chi connectivity index (χ0) is 7.44. The first-order valence-electron chi connectivity index (χ1n) is 1.83. The van der Waals surface area contributed by atoms with Crippen LogP contribution in [0.3, 0.4) is 0 Å². The van der Waals surface area contributed by atoms with E-state index in [-0.39, 0.29) is 65.2 Å². The predicted octanol–water partition coefficient (Wildman–Crippen LogP) is -8.38. The second-order valence-corrected chi connectivity index (χ2v) is 1.51. The number of carboxylic acid groups (broad SMARTS) is 2. The van der Waals surface area contributed by atoms with Crippen LogP contribution in [0.1, 0.15) is 0 Å². The molecule has 0 N–H and O–H groups in total.